The predicted molar refractivity (Wildman–Crippen MR) is 65.6 cm³/mol. The molecule has 2 N–H and O–H groups in total. The highest BCUT2D eigenvalue weighted by molar-refractivity contribution is 7.13. The lowest BCUT2D eigenvalue weighted by Crippen LogP contribution is -2.24. The molecule has 1 aromatic heterocycles. The van der Waals surface area contributed by atoms with E-state index in [0.29, 0.717) is 0 Å². The van der Waals surface area contributed by atoms with Crippen molar-refractivity contribution in [3.8, 4) is 10.6 Å². The van der Waals surface area contributed by atoms with Gasteiger partial charge in [0.2, 0.25) is 0 Å². The Morgan fingerprint density at radius 2 is 2.31 bits per heavy atom. The van der Waals surface area contributed by atoms with Crippen molar-refractivity contribution >= 4 is 23.1 Å². The van der Waals surface area contributed by atoms with Gasteiger partial charge in [0.15, 0.2) is 0 Å². The lowest BCUT2D eigenvalue weighted by Gasteiger charge is -2.05. The molecule has 0 bridgehead atoms. The van der Waals surface area contributed by atoms with E-state index >= 15 is 0 Å². The van der Waals surface area contributed by atoms with Gasteiger partial charge in [0, 0.05) is 29.9 Å². The van der Waals surface area contributed by atoms with Gasteiger partial charge in [-0.25, -0.2) is 9.78 Å². The minimum absolute atomic E-state index is 0.226. The molecule has 0 atom stereocenters. The molecule has 0 spiro atoms. The lowest BCUT2D eigenvalue weighted by atomic mass is 10.2. The summed E-state index contributed by atoms with van der Waals surface area (Å²) in [5, 5.41) is 8.10. The number of rotatable bonds is 2. The number of nitrogens with one attached hydrogen (secondary N) is 2. The number of anilines is 1. The third-order valence-electron chi connectivity index (χ3n) is 2.03. The van der Waals surface area contributed by atoms with Crippen LogP contribution in [0.4, 0.5) is 10.5 Å². The minimum atomic E-state index is -0.226. The normalized spacial score (nSPS) is 9.81. The largest absolute Gasteiger partial charge is 0.341 e. The molecule has 2 rings (SSSR count). The van der Waals surface area contributed by atoms with E-state index in [4.69, 9.17) is 0 Å². The second kappa shape index (κ2) is 4.76. The van der Waals surface area contributed by atoms with Crippen LogP contribution < -0.4 is 10.6 Å². The lowest BCUT2D eigenvalue weighted by molar-refractivity contribution is 0.254. The summed E-state index contributed by atoms with van der Waals surface area (Å²) in [6.45, 7) is 0. The van der Waals surface area contributed by atoms with Crippen LogP contribution in [0.25, 0.3) is 10.6 Å². The molecule has 0 aliphatic rings. The standard InChI is InChI=1S/C11H11N3OS/c1-12-11(15)14-9-4-2-3-8(7-9)10-13-5-6-16-10/h2-7H,1H3,(H2,12,14,15). The molecule has 1 heterocycles. The summed E-state index contributed by atoms with van der Waals surface area (Å²) in [6, 6.07) is 7.37. The second-order valence-corrected chi connectivity index (χ2v) is 4.02. The van der Waals surface area contributed by atoms with Gasteiger partial charge in [0.1, 0.15) is 5.01 Å². The van der Waals surface area contributed by atoms with Crippen molar-refractivity contribution in [3.63, 3.8) is 0 Å². The Hall–Kier alpha value is -1.88. The molecule has 0 aliphatic carbocycles. The fourth-order valence-corrected chi connectivity index (χ4v) is 1.92. The van der Waals surface area contributed by atoms with E-state index in [9.17, 15) is 4.79 Å². The van der Waals surface area contributed by atoms with Gasteiger partial charge in [-0.1, -0.05) is 12.1 Å². The fourth-order valence-electron chi connectivity index (χ4n) is 1.29. The van der Waals surface area contributed by atoms with E-state index in [0.717, 1.165) is 16.3 Å². The first-order valence-electron chi connectivity index (χ1n) is 4.78. The highest BCUT2D eigenvalue weighted by Gasteiger charge is 2.03. The molecule has 0 unspecified atom stereocenters. The number of hydrogen-bond donors (Lipinski definition) is 2. The molecule has 0 aliphatic heterocycles. The Kier molecular flexibility index (Phi) is 3.16. The Balaban J connectivity index is 2.23. The van der Waals surface area contributed by atoms with E-state index in [1.165, 1.54) is 0 Å². The van der Waals surface area contributed by atoms with Crippen LogP contribution in [0.2, 0.25) is 0 Å². The van der Waals surface area contributed by atoms with E-state index in [2.05, 4.69) is 15.6 Å². The fraction of sp³-hybridized carbons (Fsp3) is 0.0909. The summed E-state index contributed by atoms with van der Waals surface area (Å²) in [6.07, 6.45) is 1.76. The molecule has 0 saturated heterocycles. The highest BCUT2D eigenvalue weighted by Crippen LogP contribution is 2.24. The summed E-state index contributed by atoms with van der Waals surface area (Å²) < 4.78 is 0. The van der Waals surface area contributed by atoms with Crippen molar-refractivity contribution in [2.24, 2.45) is 0 Å². The number of carbonyl (C=O) groups excluding carboxylic acids is 1. The first kappa shape index (κ1) is 10.6. The van der Waals surface area contributed by atoms with Crippen molar-refractivity contribution in [3.05, 3.63) is 35.8 Å². The highest BCUT2D eigenvalue weighted by atomic mass is 32.1. The van der Waals surface area contributed by atoms with Gasteiger partial charge in [-0.3, -0.25) is 0 Å². The van der Waals surface area contributed by atoms with E-state index in [-0.39, 0.29) is 6.03 Å². The Morgan fingerprint density at radius 1 is 1.44 bits per heavy atom. The molecule has 0 saturated carbocycles. The van der Waals surface area contributed by atoms with Crippen molar-refractivity contribution < 1.29 is 4.79 Å². The summed E-state index contributed by atoms with van der Waals surface area (Å²) in [5.74, 6) is 0. The van der Waals surface area contributed by atoms with Gasteiger partial charge < -0.3 is 10.6 Å². The summed E-state index contributed by atoms with van der Waals surface area (Å²) in [4.78, 5) is 15.4. The first-order valence-corrected chi connectivity index (χ1v) is 5.66. The molecule has 82 valence electrons. The van der Waals surface area contributed by atoms with Crippen LogP contribution in [0.5, 0.6) is 0 Å². The number of amides is 2. The van der Waals surface area contributed by atoms with Gasteiger partial charge in [-0.05, 0) is 12.1 Å². The van der Waals surface area contributed by atoms with Gasteiger partial charge in [-0.2, -0.15) is 0 Å². The predicted octanol–water partition coefficient (Wildman–Crippen LogP) is 2.56. The number of thiazole rings is 1. The number of hydrogen-bond acceptors (Lipinski definition) is 3. The number of aromatic nitrogens is 1. The Morgan fingerprint density at radius 3 is 3.00 bits per heavy atom. The quantitative estimate of drug-likeness (QED) is 0.837. The van der Waals surface area contributed by atoms with E-state index in [1.54, 1.807) is 24.6 Å². The Bertz CT molecular complexity index is 482. The molecule has 4 nitrogen and oxygen atoms in total. The molecule has 2 aromatic rings. The topological polar surface area (TPSA) is 54.0 Å². The van der Waals surface area contributed by atoms with Crippen molar-refractivity contribution in [1.29, 1.82) is 0 Å². The van der Waals surface area contributed by atoms with Gasteiger partial charge in [-0.15, -0.1) is 11.3 Å². The number of benzene rings is 1. The van der Waals surface area contributed by atoms with Crippen LogP contribution in [-0.4, -0.2) is 18.1 Å². The van der Waals surface area contributed by atoms with E-state index < -0.39 is 0 Å². The Labute approximate surface area is 97.3 Å². The zero-order chi connectivity index (χ0) is 11.4. The third kappa shape index (κ3) is 2.38. The van der Waals surface area contributed by atoms with E-state index in [1.807, 2.05) is 29.6 Å². The summed E-state index contributed by atoms with van der Waals surface area (Å²) in [5.41, 5.74) is 1.76. The number of nitrogens with zero attached hydrogens (tertiary/aromatic N) is 1. The number of urea groups is 1. The van der Waals surface area contributed by atoms with Crippen LogP contribution in [-0.2, 0) is 0 Å². The SMILES string of the molecule is CNC(=O)Nc1cccc(-c2nccs2)c1. The maximum Gasteiger partial charge on any atom is 0.318 e. The van der Waals surface area contributed by atoms with Gasteiger partial charge >= 0.3 is 6.03 Å². The smallest absolute Gasteiger partial charge is 0.318 e. The first-order chi connectivity index (χ1) is 7.79. The van der Waals surface area contributed by atoms with Crippen LogP contribution in [0.15, 0.2) is 35.8 Å². The molecule has 1 aromatic carbocycles. The van der Waals surface area contributed by atoms with Crippen molar-refractivity contribution in [2.45, 2.75) is 0 Å². The molecule has 5 heteroatoms. The monoisotopic (exact) mass is 233 g/mol. The van der Waals surface area contributed by atoms with Crippen molar-refractivity contribution in [2.75, 3.05) is 12.4 Å². The third-order valence-corrected chi connectivity index (χ3v) is 2.85. The summed E-state index contributed by atoms with van der Waals surface area (Å²) in [7, 11) is 1.58. The van der Waals surface area contributed by atoms with Crippen LogP contribution in [0.3, 0.4) is 0 Å². The zero-order valence-corrected chi connectivity index (χ0v) is 9.54. The average Bonchev–Trinajstić information content (AvgIpc) is 2.83. The maximum atomic E-state index is 11.1. The number of carbonyl (C=O) groups is 1. The average molecular weight is 233 g/mol. The van der Waals surface area contributed by atoms with Crippen LogP contribution in [0, 0.1) is 0 Å². The van der Waals surface area contributed by atoms with Gasteiger partial charge in [0.05, 0.1) is 0 Å². The second-order valence-electron chi connectivity index (χ2n) is 3.12. The molecule has 16 heavy (non-hydrogen) atoms. The van der Waals surface area contributed by atoms with Crippen LogP contribution in [0.1, 0.15) is 0 Å². The zero-order valence-electron chi connectivity index (χ0n) is 8.73. The molecule has 2 amide bonds. The summed E-state index contributed by atoms with van der Waals surface area (Å²) >= 11 is 1.57. The van der Waals surface area contributed by atoms with Crippen LogP contribution >= 0.6 is 11.3 Å². The molecule has 0 fully saturated rings. The molecular weight excluding hydrogens is 222 g/mol. The molecular formula is C11H11N3OS. The van der Waals surface area contributed by atoms with Crippen molar-refractivity contribution in [1.82, 2.24) is 10.3 Å². The van der Waals surface area contributed by atoms with Gasteiger partial charge in [0.25, 0.3) is 0 Å². The molecule has 0 radical (unpaired) electrons. The maximum absolute atomic E-state index is 11.1. The minimum Gasteiger partial charge on any atom is -0.341 e.